The Bertz CT molecular complexity index is 304. The summed E-state index contributed by atoms with van der Waals surface area (Å²) >= 11 is 0. The third-order valence-electron chi connectivity index (χ3n) is 3.77. The van der Waals surface area contributed by atoms with Crippen molar-refractivity contribution in [3.63, 3.8) is 0 Å². The van der Waals surface area contributed by atoms with Gasteiger partial charge in [0.1, 0.15) is 0 Å². The Labute approximate surface area is 98.2 Å². The molecule has 0 aromatic rings. The molecule has 0 aromatic carbocycles. The Balaban J connectivity index is 1.79. The molecular formula is C11H22N2O2S. The highest BCUT2D eigenvalue weighted by atomic mass is 32.2. The van der Waals surface area contributed by atoms with E-state index in [1.165, 1.54) is 0 Å². The maximum atomic E-state index is 11.9. The lowest BCUT2D eigenvalue weighted by Gasteiger charge is -2.23. The molecule has 4 nitrogen and oxygen atoms in total. The zero-order valence-corrected chi connectivity index (χ0v) is 10.6. The van der Waals surface area contributed by atoms with E-state index >= 15 is 0 Å². The topological polar surface area (TPSA) is 58.2 Å². The first kappa shape index (κ1) is 12.3. The highest BCUT2D eigenvalue weighted by molar-refractivity contribution is 7.90. The maximum Gasteiger partial charge on any atom is 0.214 e. The largest absolute Gasteiger partial charge is 0.317 e. The van der Waals surface area contributed by atoms with E-state index in [2.05, 4.69) is 10.0 Å². The third-order valence-corrected chi connectivity index (χ3v) is 5.69. The number of piperidine rings is 1. The van der Waals surface area contributed by atoms with E-state index in [9.17, 15) is 8.42 Å². The molecule has 0 spiro atoms. The standard InChI is InChI=1S/C11H22N2O2S/c14-16(15,11-3-1-2-4-11)13-9-10-5-7-12-8-6-10/h10-13H,1-9H2. The minimum atomic E-state index is -3.03. The number of hydrogen-bond donors (Lipinski definition) is 2. The molecular weight excluding hydrogens is 224 g/mol. The number of nitrogens with one attached hydrogen (secondary N) is 2. The highest BCUT2D eigenvalue weighted by Crippen LogP contribution is 2.24. The zero-order valence-electron chi connectivity index (χ0n) is 9.74. The molecule has 0 atom stereocenters. The van der Waals surface area contributed by atoms with Gasteiger partial charge in [-0.05, 0) is 44.7 Å². The minimum Gasteiger partial charge on any atom is -0.317 e. The fourth-order valence-electron chi connectivity index (χ4n) is 2.64. The molecule has 1 saturated carbocycles. The van der Waals surface area contributed by atoms with Crippen molar-refractivity contribution in [3.8, 4) is 0 Å². The summed E-state index contributed by atoms with van der Waals surface area (Å²) in [5.74, 6) is 0.525. The number of hydrogen-bond acceptors (Lipinski definition) is 3. The van der Waals surface area contributed by atoms with Crippen molar-refractivity contribution >= 4 is 10.0 Å². The van der Waals surface area contributed by atoms with Gasteiger partial charge in [-0.25, -0.2) is 13.1 Å². The van der Waals surface area contributed by atoms with Crippen molar-refractivity contribution < 1.29 is 8.42 Å². The molecule has 0 bridgehead atoms. The van der Waals surface area contributed by atoms with Crippen LogP contribution in [0.1, 0.15) is 38.5 Å². The summed E-state index contributed by atoms with van der Waals surface area (Å²) in [7, 11) is -3.03. The lowest BCUT2D eigenvalue weighted by molar-refractivity contribution is 0.372. The number of rotatable bonds is 4. The monoisotopic (exact) mass is 246 g/mol. The van der Waals surface area contributed by atoms with Gasteiger partial charge in [0.2, 0.25) is 10.0 Å². The molecule has 0 aromatic heterocycles. The summed E-state index contributed by atoms with van der Waals surface area (Å²) < 4.78 is 26.7. The normalized spacial score (nSPS) is 25.0. The molecule has 1 heterocycles. The second-order valence-corrected chi connectivity index (χ2v) is 7.04. The molecule has 2 aliphatic rings. The van der Waals surface area contributed by atoms with Crippen LogP contribution in [0.25, 0.3) is 0 Å². The lowest BCUT2D eigenvalue weighted by Crippen LogP contribution is -2.39. The average molecular weight is 246 g/mol. The molecule has 0 radical (unpaired) electrons. The van der Waals surface area contributed by atoms with Crippen LogP contribution in [-0.4, -0.2) is 33.3 Å². The molecule has 1 aliphatic carbocycles. The van der Waals surface area contributed by atoms with Crippen molar-refractivity contribution in [1.82, 2.24) is 10.0 Å². The molecule has 0 unspecified atom stereocenters. The minimum absolute atomic E-state index is 0.116. The Kier molecular flexibility index (Phi) is 4.21. The van der Waals surface area contributed by atoms with Crippen LogP contribution < -0.4 is 10.0 Å². The van der Waals surface area contributed by atoms with Gasteiger partial charge >= 0.3 is 0 Å². The lowest BCUT2D eigenvalue weighted by atomic mass is 9.99. The fraction of sp³-hybridized carbons (Fsp3) is 1.00. The molecule has 2 N–H and O–H groups in total. The average Bonchev–Trinajstić information content (AvgIpc) is 2.82. The molecule has 2 rings (SSSR count). The Morgan fingerprint density at radius 3 is 2.31 bits per heavy atom. The molecule has 1 saturated heterocycles. The van der Waals surface area contributed by atoms with E-state index in [-0.39, 0.29) is 5.25 Å². The second kappa shape index (κ2) is 5.47. The Hall–Kier alpha value is -0.130. The van der Waals surface area contributed by atoms with Gasteiger partial charge in [-0.1, -0.05) is 12.8 Å². The summed E-state index contributed by atoms with van der Waals surface area (Å²) in [5, 5.41) is 3.17. The van der Waals surface area contributed by atoms with Gasteiger partial charge < -0.3 is 5.32 Å². The van der Waals surface area contributed by atoms with Crippen molar-refractivity contribution in [2.45, 2.75) is 43.8 Å². The van der Waals surface area contributed by atoms with Crippen molar-refractivity contribution in [2.24, 2.45) is 5.92 Å². The van der Waals surface area contributed by atoms with Gasteiger partial charge in [-0.2, -0.15) is 0 Å². The first-order chi connectivity index (χ1) is 7.68. The fourth-order valence-corrected chi connectivity index (χ4v) is 4.29. The van der Waals surface area contributed by atoms with Crippen LogP contribution in [0.5, 0.6) is 0 Å². The van der Waals surface area contributed by atoms with Gasteiger partial charge in [0.15, 0.2) is 0 Å². The van der Waals surface area contributed by atoms with Crippen LogP contribution in [0, 0.1) is 5.92 Å². The third kappa shape index (κ3) is 3.18. The van der Waals surface area contributed by atoms with E-state index in [1.54, 1.807) is 0 Å². The Morgan fingerprint density at radius 2 is 1.69 bits per heavy atom. The smallest absolute Gasteiger partial charge is 0.214 e. The van der Waals surface area contributed by atoms with Gasteiger partial charge in [0.05, 0.1) is 5.25 Å². The van der Waals surface area contributed by atoms with E-state index < -0.39 is 10.0 Å². The van der Waals surface area contributed by atoms with E-state index in [4.69, 9.17) is 0 Å². The quantitative estimate of drug-likeness (QED) is 0.773. The van der Waals surface area contributed by atoms with Crippen LogP contribution in [-0.2, 0) is 10.0 Å². The first-order valence-electron chi connectivity index (χ1n) is 6.38. The predicted octanol–water partition coefficient (Wildman–Crippen LogP) is 0.848. The van der Waals surface area contributed by atoms with Gasteiger partial charge in [0, 0.05) is 6.54 Å². The summed E-state index contributed by atoms with van der Waals surface area (Å²) in [5.41, 5.74) is 0. The van der Waals surface area contributed by atoms with Gasteiger partial charge in [0.25, 0.3) is 0 Å². The van der Waals surface area contributed by atoms with E-state index in [0.29, 0.717) is 12.5 Å². The highest BCUT2D eigenvalue weighted by Gasteiger charge is 2.29. The van der Waals surface area contributed by atoms with E-state index in [0.717, 1.165) is 51.6 Å². The Morgan fingerprint density at radius 1 is 1.06 bits per heavy atom. The first-order valence-corrected chi connectivity index (χ1v) is 7.92. The van der Waals surface area contributed by atoms with Crippen LogP contribution >= 0.6 is 0 Å². The summed E-state index contributed by atoms with van der Waals surface area (Å²) in [6.07, 6.45) is 6.02. The van der Waals surface area contributed by atoms with Crippen LogP contribution in [0.2, 0.25) is 0 Å². The number of sulfonamides is 1. The van der Waals surface area contributed by atoms with E-state index in [1.807, 2.05) is 0 Å². The molecule has 0 amide bonds. The molecule has 2 fully saturated rings. The maximum absolute atomic E-state index is 11.9. The van der Waals surface area contributed by atoms with Gasteiger partial charge in [-0.3, -0.25) is 0 Å². The molecule has 94 valence electrons. The summed E-state index contributed by atoms with van der Waals surface area (Å²) in [6, 6.07) is 0. The molecule has 1 aliphatic heterocycles. The van der Waals surface area contributed by atoms with Crippen molar-refractivity contribution in [3.05, 3.63) is 0 Å². The van der Waals surface area contributed by atoms with Crippen molar-refractivity contribution in [2.75, 3.05) is 19.6 Å². The van der Waals surface area contributed by atoms with Crippen molar-refractivity contribution in [1.29, 1.82) is 0 Å². The van der Waals surface area contributed by atoms with Crippen LogP contribution in [0.4, 0.5) is 0 Å². The van der Waals surface area contributed by atoms with Crippen LogP contribution in [0.3, 0.4) is 0 Å². The summed E-state index contributed by atoms with van der Waals surface area (Å²) in [4.78, 5) is 0. The van der Waals surface area contributed by atoms with Crippen LogP contribution in [0.15, 0.2) is 0 Å². The molecule has 16 heavy (non-hydrogen) atoms. The predicted molar refractivity (Wildman–Crippen MR) is 64.8 cm³/mol. The zero-order chi connectivity index (χ0) is 11.4. The van der Waals surface area contributed by atoms with Gasteiger partial charge in [-0.15, -0.1) is 0 Å². The second-order valence-electron chi connectivity index (χ2n) is 4.99. The SMILES string of the molecule is O=S(=O)(NCC1CCNCC1)C1CCCC1. The molecule has 5 heteroatoms. The summed E-state index contributed by atoms with van der Waals surface area (Å²) in [6.45, 7) is 2.69.